The van der Waals surface area contributed by atoms with Crippen LogP contribution in [0.25, 0.3) is 0 Å². The Morgan fingerprint density at radius 1 is 1.28 bits per heavy atom. The van der Waals surface area contributed by atoms with E-state index in [0.29, 0.717) is 25.1 Å². The van der Waals surface area contributed by atoms with Crippen molar-refractivity contribution in [3.05, 3.63) is 64.5 Å². The lowest BCUT2D eigenvalue weighted by molar-refractivity contribution is -0.116. The summed E-state index contributed by atoms with van der Waals surface area (Å²) in [7, 11) is 0. The van der Waals surface area contributed by atoms with Crippen LogP contribution in [0.5, 0.6) is 0 Å². The second kappa shape index (κ2) is 7.03. The molecule has 4 N–H and O–H groups in total. The van der Waals surface area contributed by atoms with E-state index < -0.39 is 11.7 Å². The van der Waals surface area contributed by atoms with Crippen molar-refractivity contribution in [2.45, 2.75) is 32.4 Å². The molecular formula is C19H20FN3O2. The van der Waals surface area contributed by atoms with Crippen molar-refractivity contribution in [2.75, 3.05) is 5.32 Å². The zero-order valence-electron chi connectivity index (χ0n) is 13.9. The average molecular weight is 341 g/mol. The fraction of sp³-hybridized carbons (Fsp3) is 0.263. The highest BCUT2D eigenvalue weighted by molar-refractivity contribution is 5.98. The number of benzene rings is 2. The maximum atomic E-state index is 14.2. The molecule has 0 spiro atoms. The minimum Gasteiger partial charge on any atom is -0.348 e. The van der Waals surface area contributed by atoms with Crippen LogP contribution >= 0.6 is 0 Å². The quantitative estimate of drug-likeness (QED) is 0.799. The summed E-state index contributed by atoms with van der Waals surface area (Å²) in [6.07, 6.45) is 0.839. The standard InChI is InChI=1S/C19H20FN3O2/c1-11(21)13-4-2-12(3-5-13)10-22-19(25)15-8-14-6-7-18(24)23-17(14)9-16(15)20/h2-5,8-9,11H,6-7,10,21H2,1H3,(H,22,25)(H,23,24). The summed E-state index contributed by atoms with van der Waals surface area (Å²) in [5.74, 6) is -1.27. The first-order valence-corrected chi connectivity index (χ1v) is 8.19. The lowest BCUT2D eigenvalue weighted by atomic mass is 9.99. The number of aryl methyl sites for hydroxylation is 1. The van der Waals surface area contributed by atoms with Crippen LogP contribution in [0.1, 0.15) is 46.4 Å². The summed E-state index contributed by atoms with van der Waals surface area (Å²) in [5, 5.41) is 5.34. The molecular weight excluding hydrogens is 321 g/mol. The monoisotopic (exact) mass is 341 g/mol. The lowest BCUT2D eigenvalue weighted by Crippen LogP contribution is -2.25. The van der Waals surface area contributed by atoms with E-state index >= 15 is 0 Å². The third kappa shape index (κ3) is 3.85. The molecule has 1 aliphatic heterocycles. The Morgan fingerprint density at radius 3 is 2.68 bits per heavy atom. The van der Waals surface area contributed by atoms with Gasteiger partial charge in [0.25, 0.3) is 5.91 Å². The maximum absolute atomic E-state index is 14.2. The van der Waals surface area contributed by atoms with Gasteiger partial charge in [0.2, 0.25) is 5.91 Å². The van der Waals surface area contributed by atoms with Crippen LogP contribution < -0.4 is 16.4 Å². The molecule has 25 heavy (non-hydrogen) atoms. The maximum Gasteiger partial charge on any atom is 0.254 e. The molecule has 0 aromatic heterocycles. The molecule has 0 radical (unpaired) electrons. The normalized spacial score (nSPS) is 14.4. The van der Waals surface area contributed by atoms with Crippen LogP contribution in [-0.4, -0.2) is 11.8 Å². The first-order chi connectivity index (χ1) is 11.9. The van der Waals surface area contributed by atoms with Gasteiger partial charge in [-0.05, 0) is 42.2 Å². The van der Waals surface area contributed by atoms with Gasteiger partial charge >= 0.3 is 0 Å². The first-order valence-electron chi connectivity index (χ1n) is 8.19. The van der Waals surface area contributed by atoms with Crippen molar-refractivity contribution in [1.82, 2.24) is 5.32 Å². The van der Waals surface area contributed by atoms with Gasteiger partial charge in [-0.3, -0.25) is 9.59 Å². The van der Waals surface area contributed by atoms with E-state index in [1.165, 1.54) is 12.1 Å². The Kier molecular flexibility index (Phi) is 4.81. The highest BCUT2D eigenvalue weighted by Crippen LogP contribution is 2.26. The fourth-order valence-electron chi connectivity index (χ4n) is 2.79. The fourth-order valence-corrected chi connectivity index (χ4v) is 2.79. The van der Waals surface area contributed by atoms with Crippen LogP contribution in [0.15, 0.2) is 36.4 Å². The number of carbonyl (C=O) groups is 2. The van der Waals surface area contributed by atoms with Gasteiger partial charge in [0.1, 0.15) is 5.82 Å². The Morgan fingerprint density at radius 2 is 2.00 bits per heavy atom. The van der Waals surface area contributed by atoms with Gasteiger partial charge in [-0.2, -0.15) is 0 Å². The van der Waals surface area contributed by atoms with Gasteiger partial charge in [-0.1, -0.05) is 24.3 Å². The molecule has 2 amide bonds. The van der Waals surface area contributed by atoms with Crippen LogP contribution in [0.2, 0.25) is 0 Å². The van der Waals surface area contributed by atoms with E-state index in [9.17, 15) is 14.0 Å². The minimum absolute atomic E-state index is 0.0119. The average Bonchev–Trinajstić information content (AvgIpc) is 2.59. The number of rotatable bonds is 4. The van der Waals surface area contributed by atoms with E-state index in [4.69, 9.17) is 5.73 Å². The molecule has 130 valence electrons. The molecule has 0 aliphatic carbocycles. The number of fused-ring (bicyclic) bond motifs is 1. The second-order valence-corrected chi connectivity index (χ2v) is 6.25. The third-order valence-electron chi connectivity index (χ3n) is 4.29. The zero-order valence-corrected chi connectivity index (χ0v) is 13.9. The van der Waals surface area contributed by atoms with Gasteiger partial charge < -0.3 is 16.4 Å². The number of nitrogens with one attached hydrogen (secondary N) is 2. The van der Waals surface area contributed by atoms with Gasteiger partial charge in [0.15, 0.2) is 0 Å². The van der Waals surface area contributed by atoms with E-state index in [0.717, 1.165) is 16.7 Å². The second-order valence-electron chi connectivity index (χ2n) is 6.25. The van der Waals surface area contributed by atoms with Crippen molar-refractivity contribution in [3.63, 3.8) is 0 Å². The Balaban J connectivity index is 1.70. The van der Waals surface area contributed by atoms with Crippen LogP contribution in [0, 0.1) is 5.82 Å². The summed E-state index contributed by atoms with van der Waals surface area (Å²) in [4.78, 5) is 23.7. The number of carbonyl (C=O) groups excluding carboxylic acids is 2. The summed E-state index contributed by atoms with van der Waals surface area (Å²) in [5.41, 5.74) is 8.92. The molecule has 0 saturated heterocycles. The number of hydrogen-bond donors (Lipinski definition) is 3. The minimum atomic E-state index is -0.647. The van der Waals surface area contributed by atoms with Gasteiger partial charge in [0, 0.05) is 24.7 Å². The topological polar surface area (TPSA) is 84.2 Å². The summed E-state index contributed by atoms with van der Waals surface area (Å²) < 4.78 is 14.2. The Hall–Kier alpha value is -2.73. The van der Waals surface area contributed by atoms with Crippen LogP contribution in [0.4, 0.5) is 10.1 Å². The van der Waals surface area contributed by atoms with E-state index in [1.807, 2.05) is 31.2 Å². The highest BCUT2D eigenvalue weighted by Gasteiger charge is 2.20. The van der Waals surface area contributed by atoms with Crippen molar-refractivity contribution in [2.24, 2.45) is 5.73 Å². The molecule has 6 heteroatoms. The van der Waals surface area contributed by atoms with Crippen molar-refractivity contribution in [3.8, 4) is 0 Å². The van der Waals surface area contributed by atoms with Crippen LogP contribution in [0.3, 0.4) is 0 Å². The molecule has 0 bridgehead atoms. The zero-order chi connectivity index (χ0) is 18.0. The summed E-state index contributed by atoms with van der Waals surface area (Å²) in [6, 6.07) is 10.3. The van der Waals surface area contributed by atoms with Gasteiger partial charge in [0.05, 0.1) is 5.56 Å². The van der Waals surface area contributed by atoms with Gasteiger partial charge in [-0.25, -0.2) is 4.39 Å². The molecule has 1 heterocycles. The molecule has 0 saturated carbocycles. The first kappa shape index (κ1) is 17.1. The van der Waals surface area contributed by atoms with Crippen molar-refractivity contribution < 1.29 is 14.0 Å². The molecule has 1 aliphatic rings. The van der Waals surface area contributed by atoms with E-state index in [2.05, 4.69) is 10.6 Å². The molecule has 0 fully saturated rings. The highest BCUT2D eigenvalue weighted by atomic mass is 19.1. The molecule has 2 aromatic rings. The molecule has 5 nitrogen and oxygen atoms in total. The molecule has 2 aromatic carbocycles. The summed E-state index contributed by atoms with van der Waals surface area (Å²) >= 11 is 0. The molecule has 3 rings (SSSR count). The van der Waals surface area contributed by atoms with E-state index in [-0.39, 0.29) is 17.5 Å². The molecule has 1 unspecified atom stereocenters. The van der Waals surface area contributed by atoms with Crippen LogP contribution in [-0.2, 0) is 17.8 Å². The summed E-state index contributed by atoms with van der Waals surface area (Å²) in [6.45, 7) is 2.20. The predicted octanol–water partition coefficient (Wildman–Crippen LogP) is 2.66. The SMILES string of the molecule is CC(N)c1ccc(CNC(=O)c2cc3c(cc2F)NC(=O)CC3)cc1. The number of hydrogen-bond acceptors (Lipinski definition) is 3. The third-order valence-corrected chi connectivity index (χ3v) is 4.29. The number of nitrogens with two attached hydrogens (primary N) is 1. The number of anilines is 1. The van der Waals surface area contributed by atoms with Crippen molar-refractivity contribution >= 4 is 17.5 Å². The van der Waals surface area contributed by atoms with Gasteiger partial charge in [-0.15, -0.1) is 0 Å². The molecule has 1 atom stereocenters. The number of halogens is 1. The largest absolute Gasteiger partial charge is 0.348 e. The smallest absolute Gasteiger partial charge is 0.254 e. The van der Waals surface area contributed by atoms with Crippen molar-refractivity contribution in [1.29, 1.82) is 0 Å². The van der Waals surface area contributed by atoms with E-state index in [1.54, 1.807) is 0 Å². The Labute approximate surface area is 145 Å². The lowest BCUT2D eigenvalue weighted by Gasteiger charge is -2.18. The number of amides is 2. The Bertz CT molecular complexity index is 816. The predicted molar refractivity (Wildman–Crippen MR) is 93.6 cm³/mol.